The zero-order valence-electron chi connectivity index (χ0n) is 8.98. The molecule has 0 fully saturated rings. The van der Waals surface area contributed by atoms with E-state index in [-0.39, 0.29) is 11.6 Å². The van der Waals surface area contributed by atoms with Crippen molar-refractivity contribution in [1.29, 1.82) is 0 Å². The quantitative estimate of drug-likeness (QED) is 0.614. The molecule has 17 heavy (non-hydrogen) atoms. The summed E-state index contributed by atoms with van der Waals surface area (Å²) in [6.45, 7) is 0. The molecule has 4 heteroatoms. The van der Waals surface area contributed by atoms with Crippen molar-refractivity contribution in [2.75, 3.05) is 11.5 Å². The van der Waals surface area contributed by atoms with Gasteiger partial charge < -0.3 is 11.5 Å². The second-order valence-electron chi connectivity index (χ2n) is 3.68. The smallest absolute Gasteiger partial charge is 0.195 e. The molecule has 0 aliphatic heterocycles. The molecule has 0 amide bonds. The van der Waals surface area contributed by atoms with Crippen molar-refractivity contribution in [2.45, 2.75) is 0 Å². The summed E-state index contributed by atoms with van der Waals surface area (Å²) in [6, 6.07) is 10.0. The molecule has 0 atom stereocenters. The highest BCUT2D eigenvalue weighted by molar-refractivity contribution is 6.12. The Morgan fingerprint density at radius 3 is 2.29 bits per heavy atom. The Kier molecular flexibility index (Phi) is 2.78. The lowest BCUT2D eigenvalue weighted by Crippen LogP contribution is -2.06. The maximum Gasteiger partial charge on any atom is 0.195 e. The van der Waals surface area contributed by atoms with E-state index in [0.29, 0.717) is 22.5 Å². The Bertz CT molecular complexity index is 564. The summed E-state index contributed by atoms with van der Waals surface area (Å²) in [6.07, 6.45) is 0. The van der Waals surface area contributed by atoms with E-state index in [1.165, 1.54) is 30.3 Å². The normalized spacial score (nSPS) is 10.2. The van der Waals surface area contributed by atoms with Crippen LogP contribution in [0.15, 0.2) is 42.5 Å². The van der Waals surface area contributed by atoms with Crippen LogP contribution in [0.3, 0.4) is 0 Å². The third-order valence-corrected chi connectivity index (χ3v) is 2.43. The Morgan fingerprint density at radius 1 is 1.00 bits per heavy atom. The van der Waals surface area contributed by atoms with E-state index in [1.807, 2.05) is 0 Å². The van der Waals surface area contributed by atoms with Crippen LogP contribution in [-0.2, 0) is 0 Å². The molecule has 0 aliphatic rings. The van der Waals surface area contributed by atoms with Crippen LogP contribution >= 0.6 is 0 Å². The molecule has 0 radical (unpaired) electrons. The first-order valence-electron chi connectivity index (χ1n) is 5.03. The summed E-state index contributed by atoms with van der Waals surface area (Å²) < 4.78 is 12.7. The molecule has 0 saturated heterocycles. The van der Waals surface area contributed by atoms with Crippen LogP contribution < -0.4 is 11.5 Å². The van der Waals surface area contributed by atoms with Gasteiger partial charge in [0.15, 0.2) is 5.78 Å². The molecule has 2 aromatic rings. The standard InChI is InChI=1S/C13H11FN2O/c14-9-3-1-8(2-4-9)13(17)11-7-10(15)5-6-12(11)16/h1-7H,15-16H2. The number of rotatable bonds is 2. The number of anilines is 2. The van der Waals surface area contributed by atoms with Crippen LogP contribution in [0.25, 0.3) is 0 Å². The van der Waals surface area contributed by atoms with Gasteiger partial charge in [-0.05, 0) is 42.5 Å². The predicted octanol–water partition coefficient (Wildman–Crippen LogP) is 2.22. The molecule has 0 saturated carbocycles. The molecule has 0 bridgehead atoms. The largest absolute Gasteiger partial charge is 0.399 e. The van der Waals surface area contributed by atoms with Crippen molar-refractivity contribution >= 4 is 17.2 Å². The summed E-state index contributed by atoms with van der Waals surface area (Å²) in [5.74, 6) is -0.656. The second-order valence-corrected chi connectivity index (χ2v) is 3.68. The van der Waals surface area contributed by atoms with Crippen molar-refractivity contribution in [3.8, 4) is 0 Å². The molecule has 2 aromatic carbocycles. The zero-order chi connectivity index (χ0) is 12.4. The van der Waals surface area contributed by atoms with Gasteiger partial charge in [0.2, 0.25) is 0 Å². The van der Waals surface area contributed by atoms with Crippen LogP contribution in [0.4, 0.5) is 15.8 Å². The minimum Gasteiger partial charge on any atom is -0.399 e. The van der Waals surface area contributed by atoms with Crippen LogP contribution in [0, 0.1) is 5.82 Å². The van der Waals surface area contributed by atoms with E-state index in [1.54, 1.807) is 12.1 Å². The van der Waals surface area contributed by atoms with Crippen LogP contribution in [0.1, 0.15) is 15.9 Å². The van der Waals surface area contributed by atoms with Crippen molar-refractivity contribution in [1.82, 2.24) is 0 Å². The van der Waals surface area contributed by atoms with Crippen LogP contribution in [0.5, 0.6) is 0 Å². The van der Waals surface area contributed by atoms with Gasteiger partial charge in [0.1, 0.15) is 5.82 Å². The lowest BCUT2D eigenvalue weighted by atomic mass is 10.0. The third kappa shape index (κ3) is 2.25. The van der Waals surface area contributed by atoms with Crippen molar-refractivity contribution in [3.63, 3.8) is 0 Å². The second kappa shape index (κ2) is 4.25. The van der Waals surface area contributed by atoms with Crippen molar-refractivity contribution in [3.05, 3.63) is 59.4 Å². The van der Waals surface area contributed by atoms with E-state index in [0.717, 1.165) is 0 Å². The van der Waals surface area contributed by atoms with Gasteiger partial charge in [-0.2, -0.15) is 0 Å². The number of benzene rings is 2. The lowest BCUT2D eigenvalue weighted by Gasteiger charge is -2.05. The highest BCUT2D eigenvalue weighted by Gasteiger charge is 2.12. The zero-order valence-corrected chi connectivity index (χ0v) is 8.98. The summed E-state index contributed by atoms with van der Waals surface area (Å²) in [7, 11) is 0. The van der Waals surface area contributed by atoms with Gasteiger partial charge in [0.25, 0.3) is 0 Å². The predicted molar refractivity (Wildman–Crippen MR) is 65.1 cm³/mol. The van der Waals surface area contributed by atoms with Crippen LogP contribution in [-0.4, -0.2) is 5.78 Å². The molecule has 2 rings (SSSR count). The van der Waals surface area contributed by atoms with E-state index in [2.05, 4.69) is 0 Å². The first kappa shape index (κ1) is 11.1. The van der Waals surface area contributed by atoms with E-state index < -0.39 is 0 Å². The number of nitrogens with two attached hydrogens (primary N) is 2. The minimum atomic E-state index is -0.387. The molecular weight excluding hydrogens is 219 g/mol. The molecule has 4 N–H and O–H groups in total. The minimum absolute atomic E-state index is 0.269. The Labute approximate surface area is 97.9 Å². The number of hydrogen-bond acceptors (Lipinski definition) is 3. The summed E-state index contributed by atoms with van der Waals surface area (Å²) >= 11 is 0. The van der Waals surface area contributed by atoms with E-state index >= 15 is 0 Å². The summed E-state index contributed by atoms with van der Waals surface area (Å²) in [5.41, 5.74) is 12.8. The van der Waals surface area contributed by atoms with Gasteiger partial charge in [-0.25, -0.2) is 4.39 Å². The average Bonchev–Trinajstić information content (AvgIpc) is 2.32. The Morgan fingerprint density at radius 2 is 1.65 bits per heavy atom. The first-order chi connectivity index (χ1) is 8.08. The summed E-state index contributed by atoms with van der Waals surface area (Å²) in [5, 5.41) is 0. The number of hydrogen-bond donors (Lipinski definition) is 2. The fourth-order valence-electron chi connectivity index (χ4n) is 1.53. The highest BCUT2D eigenvalue weighted by atomic mass is 19.1. The Hall–Kier alpha value is -2.36. The molecule has 0 aromatic heterocycles. The molecular formula is C13H11FN2O. The van der Waals surface area contributed by atoms with Crippen molar-refractivity contribution < 1.29 is 9.18 Å². The van der Waals surface area contributed by atoms with Gasteiger partial charge in [0.05, 0.1) is 0 Å². The van der Waals surface area contributed by atoms with E-state index in [4.69, 9.17) is 11.5 Å². The maximum absolute atomic E-state index is 12.7. The van der Waals surface area contributed by atoms with Gasteiger partial charge >= 0.3 is 0 Å². The van der Waals surface area contributed by atoms with Gasteiger partial charge in [-0.1, -0.05) is 0 Å². The number of nitrogen functional groups attached to an aromatic ring is 2. The monoisotopic (exact) mass is 230 g/mol. The molecule has 3 nitrogen and oxygen atoms in total. The SMILES string of the molecule is Nc1ccc(N)c(C(=O)c2ccc(F)cc2)c1. The van der Waals surface area contributed by atoms with Gasteiger partial charge in [-0.15, -0.1) is 0 Å². The molecule has 0 spiro atoms. The number of carbonyl (C=O) groups excluding carboxylic acids is 1. The summed E-state index contributed by atoms with van der Waals surface area (Å²) in [4.78, 5) is 12.1. The molecule has 86 valence electrons. The number of carbonyl (C=O) groups is 1. The lowest BCUT2D eigenvalue weighted by molar-refractivity contribution is 0.103. The fraction of sp³-hybridized carbons (Fsp3) is 0. The Balaban J connectivity index is 2.43. The van der Waals surface area contributed by atoms with E-state index in [9.17, 15) is 9.18 Å². The van der Waals surface area contributed by atoms with Gasteiger partial charge in [0, 0.05) is 22.5 Å². The van der Waals surface area contributed by atoms with Crippen LogP contribution in [0.2, 0.25) is 0 Å². The maximum atomic E-state index is 12.7. The van der Waals surface area contributed by atoms with Crippen molar-refractivity contribution in [2.24, 2.45) is 0 Å². The molecule has 0 aliphatic carbocycles. The third-order valence-electron chi connectivity index (χ3n) is 2.43. The number of halogens is 1. The molecule has 0 unspecified atom stereocenters. The highest BCUT2D eigenvalue weighted by Crippen LogP contribution is 2.19. The first-order valence-corrected chi connectivity index (χ1v) is 5.03. The van der Waals surface area contributed by atoms with Gasteiger partial charge in [-0.3, -0.25) is 4.79 Å². The fourth-order valence-corrected chi connectivity index (χ4v) is 1.53. The number of ketones is 1. The average molecular weight is 230 g/mol. The molecule has 0 heterocycles. The topological polar surface area (TPSA) is 69.1 Å².